The van der Waals surface area contributed by atoms with Gasteiger partial charge in [0.25, 0.3) is 5.56 Å². The van der Waals surface area contributed by atoms with Crippen molar-refractivity contribution in [3.05, 3.63) is 103 Å². The first-order valence-electron chi connectivity index (χ1n) is 10.7. The van der Waals surface area contributed by atoms with E-state index in [9.17, 15) is 14.9 Å². The number of benzene rings is 3. The minimum absolute atomic E-state index is 0.0309. The monoisotopic (exact) mass is 536 g/mol. The average Bonchev–Trinajstić information content (AvgIpc) is 2.84. The number of hydrogen-bond acceptors (Lipinski definition) is 7. The quantitative estimate of drug-likeness (QED) is 0.173. The predicted molar refractivity (Wildman–Crippen MR) is 136 cm³/mol. The number of nitrogens with zero attached hydrogens (tertiary/aromatic N) is 4. The van der Waals surface area contributed by atoms with Crippen LogP contribution < -0.4 is 15.0 Å². The van der Waals surface area contributed by atoms with E-state index in [0.29, 0.717) is 22.3 Å². The molecule has 0 aliphatic heterocycles. The third kappa shape index (κ3) is 5.38. The molecular formula is C25H21BrN4O5. The first kappa shape index (κ1) is 24.1. The summed E-state index contributed by atoms with van der Waals surface area (Å²) in [5.41, 5.74) is 1.16. The average molecular weight is 537 g/mol. The lowest BCUT2D eigenvalue weighted by molar-refractivity contribution is -0.386. The zero-order valence-corrected chi connectivity index (χ0v) is 20.6. The van der Waals surface area contributed by atoms with Gasteiger partial charge in [0.2, 0.25) is 5.75 Å². The Morgan fingerprint density at radius 3 is 2.63 bits per heavy atom. The maximum atomic E-state index is 13.0. The zero-order chi connectivity index (χ0) is 24.9. The van der Waals surface area contributed by atoms with E-state index < -0.39 is 4.92 Å². The largest absolute Gasteiger partial charge is 0.490 e. The third-order valence-electron chi connectivity index (χ3n) is 5.07. The first-order chi connectivity index (χ1) is 16.9. The van der Waals surface area contributed by atoms with Gasteiger partial charge in [-0.05, 0) is 43.7 Å². The molecule has 0 bridgehead atoms. The van der Waals surface area contributed by atoms with Crippen molar-refractivity contribution in [1.29, 1.82) is 0 Å². The van der Waals surface area contributed by atoms with Crippen LogP contribution in [-0.2, 0) is 6.61 Å². The molecule has 4 rings (SSSR count). The Hall–Kier alpha value is -4.05. The maximum Gasteiger partial charge on any atom is 0.315 e. The minimum atomic E-state index is -0.535. The number of aryl methyl sites for hydroxylation is 1. The highest BCUT2D eigenvalue weighted by atomic mass is 79.9. The van der Waals surface area contributed by atoms with Crippen LogP contribution in [0.4, 0.5) is 5.69 Å². The molecule has 0 amide bonds. The first-order valence-corrected chi connectivity index (χ1v) is 11.5. The molecule has 1 aromatic heterocycles. The van der Waals surface area contributed by atoms with Gasteiger partial charge < -0.3 is 9.47 Å². The summed E-state index contributed by atoms with van der Waals surface area (Å²) in [5, 5.41) is 16.5. The van der Waals surface area contributed by atoms with Crippen molar-refractivity contribution in [2.24, 2.45) is 5.10 Å². The van der Waals surface area contributed by atoms with Gasteiger partial charge in [-0.2, -0.15) is 9.78 Å². The SMILES string of the molecule is CCOc1cc(C=Nn2c(C)nc3ccc(Br)cc3c2=O)cc([N+](=O)[O-])c1OCc1ccccc1. The standard InChI is InChI=1S/C25H21BrN4O5/c1-3-34-23-12-18(11-22(30(32)33)24(23)35-15-17-7-5-4-6-8-17)14-27-29-16(2)28-21-10-9-19(26)13-20(21)25(29)31/h4-14H,3,15H2,1-2H3. The zero-order valence-electron chi connectivity index (χ0n) is 19.0. The smallest absolute Gasteiger partial charge is 0.315 e. The Labute approximate surface area is 208 Å². The van der Waals surface area contributed by atoms with E-state index in [0.717, 1.165) is 14.7 Å². The number of ether oxygens (including phenoxy) is 2. The second kappa shape index (κ2) is 10.5. The number of nitro benzene ring substituents is 1. The molecular weight excluding hydrogens is 516 g/mol. The predicted octanol–water partition coefficient (Wildman–Crippen LogP) is 5.24. The fraction of sp³-hybridized carbons (Fsp3) is 0.160. The van der Waals surface area contributed by atoms with Crippen LogP contribution in [0.2, 0.25) is 0 Å². The Morgan fingerprint density at radius 1 is 1.14 bits per heavy atom. The van der Waals surface area contributed by atoms with Gasteiger partial charge in [0.05, 0.1) is 28.6 Å². The van der Waals surface area contributed by atoms with Crippen molar-refractivity contribution in [3.8, 4) is 11.5 Å². The van der Waals surface area contributed by atoms with Gasteiger partial charge in [-0.1, -0.05) is 46.3 Å². The van der Waals surface area contributed by atoms with Gasteiger partial charge in [0.1, 0.15) is 12.4 Å². The van der Waals surface area contributed by atoms with Crippen LogP contribution >= 0.6 is 15.9 Å². The molecule has 178 valence electrons. The molecule has 0 aliphatic carbocycles. The van der Waals surface area contributed by atoms with Crippen LogP contribution in [-0.4, -0.2) is 27.4 Å². The van der Waals surface area contributed by atoms with E-state index in [2.05, 4.69) is 26.0 Å². The Kier molecular flexibility index (Phi) is 7.21. The fourth-order valence-corrected chi connectivity index (χ4v) is 3.84. The van der Waals surface area contributed by atoms with E-state index in [4.69, 9.17) is 9.47 Å². The van der Waals surface area contributed by atoms with E-state index in [1.807, 2.05) is 30.3 Å². The third-order valence-corrected chi connectivity index (χ3v) is 5.57. The number of fused-ring (bicyclic) bond motifs is 1. The molecule has 0 aliphatic rings. The van der Waals surface area contributed by atoms with Crippen molar-refractivity contribution in [2.45, 2.75) is 20.5 Å². The summed E-state index contributed by atoms with van der Waals surface area (Å²) in [6, 6.07) is 17.5. The highest BCUT2D eigenvalue weighted by Crippen LogP contribution is 2.38. The molecule has 9 nitrogen and oxygen atoms in total. The molecule has 0 radical (unpaired) electrons. The van der Waals surface area contributed by atoms with Gasteiger partial charge in [-0.3, -0.25) is 14.9 Å². The van der Waals surface area contributed by atoms with Gasteiger partial charge in [0, 0.05) is 16.1 Å². The lowest BCUT2D eigenvalue weighted by Crippen LogP contribution is -2.20. The highest BCUT2D eigenvalue weighted by molar-refractivity contribution is 9.10. The molecule has 4 aromatic rings. The number of halogens is 1. The molecule has 0 atom stereocenters. The second-order valence-electron chi connectivity index (χ2n) is 7.51. The number of aromatic nitrogens is 2. The number of hydrogen-bond donors (Lipinski definition) is 0. The topological polar surface area (TPSA) is 109 Å². The molecule has 3 aromatic carbocycles. The molecule has 0 fully saturated rings. The summed E-state index contributed by atoms with van der Waals surface area (Å²) >= 11 is 3.36. The normalized spacial score (nSPS) is 11.2. The van der Waals surface area contributed by atoms with Crippen molar-refractivity contribution >= 4 is 38.7 Å². The van der Waals surface area contributed by atoms with Crippen LogP contribution in [0.1, 0.15) is 23.9 Å². The van der Waals surface area contributed by atoms with Crippen molar-refractivity contribution < 1.29 is 14.4 Å². The minimum Gasteiger partial charge on any atom is -0.490 e. The summed E-state index contributed by atoms with van der Waals surface area (Å²) in [5.74, 6) is 0.621. The Balaban J connectivity index is 1.74. The van der Waals surface area contributed by atoms with Crippen molar-refractivity contribution in [3.63, 3.8) is 0 Å². The van der Waals surface area contributed by atoms with Gasteiger partial charge in [-0.15, -0.1) is 0 Å². The van der Waals surface area contributed by atoms with E-state index >= 15 is 0 Å². The summed E-state index contributed by atoms with van der Waals surface area (Å²) in [7, 11) is 0. The van der Waals surface area contributed by atoms with Gasteiger partial charge in [-0.25, -0.2) is 4.98 Å². The molecule has 0 unspecified atom stereocenters. The number of rotatable bonds is 8. The fourth-order valence-electron chi connectivity index (χ4n) is 3.48. The lowest BCUT2D eigenvalue weighted by Gasteiger charge is -2.13. The molecule has 0 spiro atoms. The highest BCUT2D eigenvalue weighted by Gasteiger charge is 2.22. The summed E-state index contributed by atoms with van der Waals surface area (Å²) in [6.07, 6.45) is 1.36. The van der Waals surface area contributed by atoms with Gasteiger partial charge >= 0.3 is 5.69 Å². The van der Waals surface area contributed by atoms with Gasteiger partial charge in [0.15, 0.2) is 5.75 Å². The molecule has 1 heterocycles. The molecule has 0 N–H and O–H groups in total. The second-order valence-corrected chi connectivity index (χ2v) is 8.43. The molecule has 0 saturated heterocycles. The van der Waals surface area contributed by atoms with Crippen LogP contribution in [0.3, 0.4) is 0 Å². The number of nitro groups is 1. The van der Waals surface area contributed by atoms with Crippen molar-refractivity contribution in [1.82, 2.24) is 9.66 Å². The van der Waals surface area contributed by atoms with Crippen LogP contribution in [0.15, 0.2) is 75.0 Å². The Bertz CT molecular complexity index is 1490. The van der Waals surface area contributed by atoms with Crippen LogP contribution in [0.5, 0.6) is 11.5 Å². The van der Waals surface area contributed by atoms with E-state index in [-0.39, 0.29) is 36.0 Å². The molecule has 35 heavy (non-hydrogen) atoms. The lowest BCUT2D eigenvalue weighted by atomic mass is 10.1. The maximum absolute atomic E-state index is 13.0. The summed E-state index contributed by atoms with van der Waals surface area (Å²) in [6.45, 7) is 3.85. The summed E-state index contributed by atoms with van der Waals surface area (Å²) < 4.78 is 13.3. The molecule has 0 saturated carbocycles. The van der Waals surface area contributed by atoms with Crippen LogP contribution in [0.25, 0.3) is 10.9 Å². The van der Waals surface area contributed by atoms with E-state index in [1.54, 1.807) is 38.1 Å². The van der Waals surface area contributed by atoms with Crippen molar-refractivity contribution in [2.75, 3.05) is 6.61 Å². The summed E-state index contributed by atoms with van der Waals surface area (Å²) in [4.78, 5) is 28.7. The Morgan fingerprint density at radius 2 is 1.91 bits per heavy atom. The van der Waals surface area contributed by atoms with Crippen LogP contribution in [0, 0.1) is 17.0 Å². The van der Waals surface area contributed by atoms with E-state index in [1.165, 1.54) is 12.3 Å². The molecule has 10 heteroatoms.